The zero-order valence-electron chi connectivity index (χ0n) is 13.9. The molecule has 0 fully saturated rings. The van der Waals surface area contributed by atoms with Crippen LogP contribution >= 0.6 is 11.3 Å². The van der Waals surface area contributed by atoms with Crippen LogP contribution in [0.4, 0.5) is 5.69 Å². The molecule has 4 aromatic rings. The van der Waals surface area contributed by atoms with Gasteiger partial charge in [0.05, 0.1) is 15.8 Å². The maximum absolute atomic E-state index is 13.3. The van der Waals surface area contributed by atoms with Crippen molar-refractivity contribution < 1.29 is 4.79 Å². The normalized spacial score (nSPS) is 13.2. The van der Waals surface area contributed by atoms with E-state index in [4.69, 9.17) is 0 Å². The van der Waals surface area contributed by atoms with E-state index in [0.29, 0.717) is 17.8 Å². The van der Waals surface area contributed by atoms with Crippen LogP contribution in [0.3, 0.4) is 0 Å². The number of thiazole rings is 1. The van der Waals surface area contributed by atoms with Crippen LogP contribution in [0.5, 0.6) is 0 Å². The number of hydrogen-bond donors (Lipinski definition) is 0. The van der Waals surface area contributed by atoms with Crippen molar-refractivity contribution in [3.8, 4) is 10.7 Å². The molecular formula is C21H15N3OS. The number of para-hydroxylation sites is 2. The average molecular weight is 357 g/mol. The lowest BCUT2D eigenvalue weighted by Crippen LogP contribution is -2.29. The number of amides is 1. The van der Waals surface area contributed by atoms with Crippen LogP contribution in [0.25, 0.3) is 20.9 Å². The van der Waals surface area contributed by atoms with E-state index in [1.165, 1.54) is 5.56 Å². The molecule has 2 aromatic carbocycles. The minimum atomic E-state index is -0.0164. The lowest BCUT2D eigenvalue weighted by atomic mass is 10.1. The van der Waals surface area contributed by atoms with E-state index in [1.54, 1.807) is 17.5 Å². The number of hydrogen-bond acceptors (Lipinski definition) is 4. The van der Waals surface area contributed by atoms with Gasteiger partial charge in [-0.1, -0.05) is 30.3 Å². The van der Waals surface area contributed by atoms with Crippen LogP contribution in [0.2, 0.25) is 0 Å². The van der Waals surface area contributed by atoms with Gasteiger partial charge in [0, 0.05) is 18.4 Å². The molecular weight excluding hydrogens is 342 g/mol. The van der Waals surface area contributed by atoms with Gasteiger partial charge in [-0.2, -0.15) is 0 Å². The van der Waals surface area contributed by atoms with Gasteiger partial charge >= 0.3 is 0 Å². The van der Waals surface area contributed by atoms with Crippen molar-refractivity contribution in [3.05, 3.63) is 78.0 Å². The molecule has 1 aliphatic heterocycles. The van der Waals surface area contributed by atoms with Crippen LogP contribution in [-0.4, -0.2) is 22.4 Å². The standard InChI is InChI=1S/C21H15N3OS/c25-21(24-13-11-14-6-1-3-9-17(14)24)15-7-5-12-22-19(15)20-23-16-8-2-4-10-18(16)26-20/h1-10,12H,11,13H2. The van der Waals surface area contributed by atoms with Crippen molar-refractivity contribution in [2.75, 3.05) is 11.4 Å². The Bertz CT molecular complexity index is 1100. The Hall–Kier alpha value is -3.05. The first-order chi connectivity index (χ1) is 12.8. The lowest BCUT2D eigenvalue weighted by Gasteiger charge is -2.18. The fraction of sp³-hybridized carbons (Fsp3) is 0.0952. The Kier molecular flexibility index (Phi) is 3.53. The summed E-state index contributed by atoms with van der Waals surface area (Å²) in [7, 11) is 0. The molecule has 0 aliphatic carbocycles. The highest BCUT2D eigenvalue weighted by molar-refractivity contribution is 7.21. The van der Waals surface area contributed by atoms with Crippen molar-refractivity contribution in [3.63, 3.8) is 0 Å². The van der Waals surface area contributed by atoms with Gasteiger partial charge in [-0.25, -0.2) is 4.98 Å². The zero-order valence-corrected chi connectivity index (χ0v) is 14.7. The summed E-state index contributed by atoms with van der Waals surface area (Å²) in [6, 6.07) is 19.7. The molecule has 0 N–H and O–H groups in total. The van der Waals surface area contributed by atoms with Gasteiger partial charge < -0.3 is 4.90 Å². The minimum Gasteiger partial charge on any atom is -0.308 e. The van der Waals surface area contributed by atoms with Crippen LogP contribution in [0.1, 0.15) is 15.9 Å². The molecule has 1 aliphatic rings. The first-order valence-corrected chi connectivity index (χ1v) is 9.33. The second-order valence-corrected chi connectivity index (χ2v) is 7.25. The highest BCUT2D eigenvalue weighted by Crippen LogP contribution is 2.33. The van der Waals surface area contributed by atoms with Crippen LogP contribution in [-0.2, 0) is 6.42 Å². The third-order valence-corrected chi connectivity index (χ3v) is 5.71. The quantitative estimate of drug-likeness (QED) is 0.528. The molecule has 0 saturated carbocycles. The molecule has 5 rings (SSSR count). The number of carbonyl (C=O) groups is 1. The molecule has 0 atom stereocenters. The fourth-order valence-electron chi connectivity index (χ4n) is 3.42. The monoisotopic (exact) mass is 357 g/mol. The SMILES string of the molecule is O=C(c1cccnc1-c1nc2ccccc2s1)N1CCc2ccccc21. The summed E-state index contributed by atoms with van der Waals surface area (Å²) in [4.78, 5) is 24.3. The molecule has 0 radical (unpaired) electrons. The Balaban J connectivity index is 1.59. The highest BCUT2D eigenvalue weighted by Gasteiger charge is 2.27. The van der Waals surface area contributed by atoms with E-state index in [-0.39, 0.29) is 5.91 Å². The van der Waals surface area contributed by atoms with Gasteiger partial charge in [0.1, 0.15) is 10.7 Å². The molecule has 1 amide bonds. The summed E-state index contributed by atoms with van der Waals surface area (Å²) >= 11 is 1.57. The summed E-state index contributed by atoms with van der Waals surface area (Å²) in [6.45, 7) is 0.701. The minimum absolute atomic E-state index is 0.0164. The number of anilines is 1. The fourth-order valence-corrected chi connectivity index (χ4v) is 4.39. The number of aromatic nitrogens is 2. The molecule has 2 aromatic heterocycles. The molecule has 5 heteroatoms. The summed E-state index contributed by atoms with van der Waals surface area (Å²) in [5.41, 5.74) is 4.40. The third-order valence-electron chi connectivity index (χ3n) is 4.67. The van der Waals surface area contributed by atoms with E-state index >= 15 is 0 Å². The largest absolute Gasteiger partial charge is 0.308 e. The maximum atomic E-state index is 13.3. The second kappa shape index (κ2) is 6.04. The Morgan fingerprint density at radius 3 is 2.77 bits per heavy atom. The summed E-state index contributed by atoms with van der Waals surface area (Å²) in [5, 5.41) is 0.780. The predicted octanol–water partition coefficient (Wildman–Crippen LogP) is 4.56. The van der Waals surface area contributed by atoms with Crippen LogP contribution < -0.4 is 4.90 Å². The van der Waals surface area contributed by atoms with Crippen molar-refractivity contribution >= 4 is 33.1 Å². The summed E-state index contributed by atoms with van der Waals surface area (Å²) in [6.07, 6.45) is 2.61. The molecule has 4 nitrogen and oxygen atoms in total. The first-order valence-electron chi connectivity index (χ1n) is 8.52. The number of benzene rings is 2. The third kappa shape index (κ3) is 2.40. The zero-order chi connectivity index (χ0) is 17.5. The van der Waals surface area contributed by atoms with Crippen molar-refractivity contribution in [2.24, 2.45) is 0 Å². The van der Waals surface area contributed by atoms with Gasteiger partial charge in [0.25, 0.3) is 5.91 Å². The first kappa shape index (κ1) is 15.2. The van der Waals surface area contributed by atoms with Crippen LogP contribution in [0, 0.1) is 0 Å². The summed E-state index contributed by atoms with van der Waals surface area (Å²) in [5.74, 6) is -0.0164. The van der Waals surface area contributed by atoms with Gasteiger partial charge in [0.15, 0.2) is 0 Å². The molecule has 26 heavy (non-hydrogen) atoms. The lowest BCUT2D eigenvalue weighted by molar-refractivity contribution is 0.0989. The van der Waals surface area contributed by atoms with Gasteiger partial charge in [-0.3, -0.25) is 9.78 Å². The van der Waals surface area contributed by atoms with E-state index in [0.717, 1.165) is 27.3 Å². The van der Waals surface area contributed by atoms with Gasteiger partial charge in [-0.05, 0) is 42.3 Å². The smallest absolute Gasteiger partial charge is 0.260 e. The highest BCUT2D eigenvalue weighted by atomic mass is 32.1. The predicted molar refractivity (Wildman–Crippen MR) is 105 cm³/mol. The van der Waals surface area contributed by atoms with Gasteiger partial charge in [0.2, 0.25) is 0 Å². The van der Waals surface area contributed by atoms with E-state index in [1.807, 2.05) is 59.5 Å². The molecule has 0 bridgehead atoms. The molecule has 0 unspecified atom stereocenters. The Labute approximate surface area is 154 Å². The molecule has 0 saturated heterocycles. The number of fused-ring (bicyclic) bond motifs is 2. The van der Waals surface area contributed by atoms with Gasteiger partial charge in [-0.15, -0.1) is 11.3 Å². The second-order valence-electron chi connectivity index (χ2n) is 6.22. The number of nitrogens with zero attached hydrogens (tertiary/aromatic N) is 3. The number of pyridine rings is 1. The number of rotatable bonds is 2. The molecule has 0 spiro atoms. The Morgan fingerprint density at radius 1 is 1.00 bits per heavy atom. The van der Waals surface area contributed by atoms with E-state index in [2.05, 4.69) is 16.0 Å². The topological polar surface area (TPSA) is 46.1 Å². The van der Waals surface area contributed by atoms with E-state index < -0.39 is 0 Å². The summed E-state index contributed by atoms with van der Waals surface area (Å²) < 4.78 is 1.10. The van der Waals surface area contributed by atoms with Crippen LogP contribution in [0.15, 0.2) is 66.9 Å². The van der Waals surface area contributed by atoms with Crippen molar-refractivity contribution in [2.45, 2.75) is 6.42 Å². The van der Waals surface area contributed by atoms with E-state index in [9.17, 15) is 4.79 Å². The van der Waals surface area contributed by atoms with Crippen molar-refractivity contribution in [1.82, 2.24) is 9.97 Å². The molecule has 126 valence electrons. The maximum Gasteiger partial charge on any atom is 0.260 e. The molecule has 3 heterocycles. The number of carbonyl (C=O) groups excluding carboxylic acids is 1. The Morgan fingerprint density at radius 2 is 1.85 bits per heavy atom. The van der Waals surface area contributed by atoms with Crippen molar-refractivity contribution in [1.29, 1.82) is 0 Å². The average Bonchev–Trinajstić information content (AvgIpc) is 3.31.